The second kappa shape index (κ2) is 11.5. The minimum atomic E-state index is -2.51. The summed E-state index contributed by atoms with van der Waals surface area (Å²) >= 11 is 0. The number of rotatable bonds is 8. The molecule has 1 saturated carbocycles. The van der Waals surface area contributed by atoms with Crippen LogP contribution in [0.25, 0.3) is 0 Å². The Balaban J connectivity index is 1.72. The van der Waals surface area contributed by atoms with Crippen LogP contribution in [0.4, 0.5) is 14.9 Å². The number of anilines is 1. The van der Waals surface area contributed by atoms with Gasteiger partial charge in [0.2, 0.25) is 11.7 Å². The molecule has 0 aromatic heterocycles. The molecule has 2 unspecified atom stereocenters. The molecule has 1 aromatic carbocycles. The number of carbonyl (C=O) groups excluding carboxylic acids is 2. The van der Waals surface area contributed by atoms with E-state index in [0.717, 1.165) is 49.3 Å². The predicted molar refractivity (Wildman–Crippen MR) is 134 cm³/mol. The second-order valence-corrected chi connectivity index (χ2v) is 9.65. The summed E-state index contributed by atoms with van der Waals surface area (Å²) in [7, 11) is 0. The lowest BCUT2D eigenvalue weighted by Gasteiger charge is -2.33. The Kier molecular flexibility index (Phi) is 8.70. The number of hydrogen-bond acceptors (Lipinski definition) is 3. The minimum Gasteiger partial charge on any atom is -0.480 e. The lowest BCUT2D eigenvalue weighted by atomic mass is 9.83. The van der Waals surface area contributed by atoms with Crippen LogP contribution in [-0.2, 0) is 16.0 Å². The fourth-order valence-electron chi connectivity index (χ4n) is 5.11. The zero-order valence-corrected chi connectivity index (χ0v) is 20.7. The summed E-state index contributed by atoms with van der Waals surface area (Å²) in [5, 5.41) is 17.2. The zero-order valence-electron chi connectivity index (χ0n) is 20.7. The van der Waals surface area contributed by atoms with Gasteiger partial charge in [-0.25, -0.2) is 14.0 Å². The van der Waals surface area contributed by atoms with Crippen LogP contribution < -0.4 is 16.0 Å². The minimum absolute atomic E-state index is 0.194. The van der Waals surface area contributed by atoms with Crippen LogP contribution >= 0.6 is 0 Å². The molecule has 190 valence electrons. The van der Waals surface area contributed by atoms with Crippen LogP contribution in [0.2, 0.25) is 0 Å². The van der Waals surface area contributed by atoms with E-state index in [2.05, 4.69) is 22.9 Å². The van der Waals surface area contributed by atoms with Gasteiger partial charge < -0.3 is 21.1 Å². The third kappa shape index (κ3) is 6.50. The van der Waals surface area contributed by atoms with Crippen LogP contribution in [0, 0.1) is 25.7 Å². The van der Waals surface area contributed by atoms with Gasteiger partial charge in [-0.3, -0.25) is 4.79 Å². The third-order valence-electron chi connectivity index (χ3n) is 6.85. The van der Waals surface area contributed by atoms with E-state index in [1.807, 2.05) is 26.0 Å². The van der Waals surface area contributed by atoms with Crippen LogP contribution in [0.1, 0.15) is 62.1 Å². The summed E-state index contributed by atoms with van der Waals surface area (Å²) in [5.74, 6) is -6.02. The van der Waals surface area contributed by atoms with Gasteiger partial charge in [0.15, 0.2) is 0 Å². The van der Waals surface area contributed by atoms with Crippen molar-refractivity contribution in [1.29, 1.82) is 0 Å². The lowest BCUT2D eigenvalue weighted by Crippen LogP contribution is -2.57. The molecule has 4 N–H and O–H groups in total. The molecule has 3 rings (SSSR count). The molecule has 3 atom stereocenters. The maximum Gasteiger partial charge on any atom is 0.326 e. The van der Waals surface area contributed by atoms with Gasteiger partial charge in [0, 0.05) is 5.69 Å². The fourth-order valence-corrected chi connectivity index (χ4v) is 5.11. The van der Waals surface area contributed by atoms with Gasteiger partial charge in [0.1, 0.15) is 12.0 Å². The number of amides is 3. The van der Waals surface area contributed by atoms with Crippen molar-refractivity contribution < 1.29 is 23.9 Å². The highest BCUT2D eigenvalue weighted by Gasteiger charge is 2.44. The summed E-state index contributed by atoms with van der Waals surface area (Å²) in [6.45, 7) is 5.85. The van der Waals surface area contributed by atoms with Gasteiger partial charge >= 0.3 is 12.0 Å². The zero-order chi connectivity index (χ0) is 25.6. The molecule has 3 amide bonds. The SMILES string of the molecule is CCCc1cc(C)c(NC(=O)NC2(F)C=CC=CC2C(=O)N[C@H](C(=O)O)C2CCCCC2)c(C)c1. The molecule has 1 aromatic rings. The highest BCUT2D eigenvalue weighted by molar-refractivity contribution is 5.93. The Bertz CT molecular complexity index is 993. The molecule has 0 saturated heterocycles. The molecule has 0 heterocycles. The first kappa shape index (κ1) is 26.4. The molecule has 7 nitrogen and oxygen atoms in total. The van der Waals surface area contributed by atoms with Crippen molar-refractivity contribution in [2.24, 2.45) is 11.8 Å². The Hall–Kier alpha value is -3.16. The average Bonchev–Trinajstić information content (AvgIpc) is 2.80. The molecule has 8 heteroatoms. The summed E-state index contributed by atoms with van der Waals surface area (Å²) in [6, 6.07) is 2.11. The first-order valence-electron chi connectivity index (χ1n) is 12.4. The van der Waals surface area contributed by atoms with Gasteiger partial charge in [-0.15, -0.1) is 0 Å². The second-order valence-electron chi connectivity index (χ2n) is 9.65. The Morgan fingerprint density at radius 3 is 2.37 bits per heavy atom. The van der Waals surface area contributed by atoms with Crippen molar-refractivity contribution in [3.05, 3.63) is 53.1 Å². The number of benzene rings is 1. The highest BCUT2D eigenvalue weighted by Crippen LogP contribution is 2.30. The molecule has 0 bridgehead atoms. The summed E-state index contributed by atoms with van der Waals surface area (Å²) in [4.78, 5) is 37.7. The topological polar surface area (TPSA) is 108 Å². The number of carbonyl (C=O) groups is 3. The van der Waals surface area contributed by atoms with Crippen LogP contribution in [0.15, 0.2) is 36.4 Å². The standard InChI is InChI=1S/C27H36FN3O4/c1-4-10-19-15-17(2)22(18(3)16-19)30-26(35)31-27(28)14-9-8-13-21(27)24(32)29-23(25(33)34)20-11-6-5-7-12-20/h8-9,13-16,20-21,23H,4-7,10-12H2,1-3H3,(H,29,32)(H,33,34)(H2,30,31,35)/t21?,23-,27?/m0/s1. The van der Waals surface area contributed by atoms with Gasteiger partial charge in [0.25, 0.3) is 0 Å². The van der Waals surface area contributed by atoms with Crippen molar-refractivity contribution >= 4 is 23.6 Å². The average molecular weight is 486 g/mol. The molecular formula is C27H36FN3O4. The molecule has 2 aliphatic rings. The summed E-state index contributed by atoms with van der Waals surface area (Å²) < 4.78 is 16.0. The number of carboxylic acids is 1. The van der Waals surface area contributed by atoms with E-state index in [1.54, 1.807) is 0 Å². The van der Waals surface area contributed by atoms with Crippen LogP contribution in [-0.4, -0.2) is 34.8 Å². The first-order chi connectivity index (χ1) is 16.6. The van der Waals surface area contributed by atoms with E-state index in [4.69, 9.17) is 0 Å². The molecular weight excluding hydrogens is 449 g/mol. The number of carboxylic acid groups (broad SMARTS) is 1. The predicted octanol–water partition coefficient (Wildman–Crippen LogP) is 4.94. The van der Waals surface area contributed by atoms with Crippen LogP contribution in [0.5, 0.6) is 0 Å². The molecule has 1 fully saturated rings. The molecule has 35 heavy (non-hydrogen) atoms. The molecule has 0 aliphatic heterocycles. The van der Waals surface area contributed by atoms with Gasteiger partial charge in [0.05, 0.1) is 0 Å². The number of urea groups is 1. The maximum atomic E-state index is 16.0. The van der Waals surface area contributed by atoms with Crippen molar-refractivity contribution in [3.8, 4) is 0 Å². The number of aryl methyl sites for hydroxylation is 3. The van der Waals surface area contributed by atoms with Crippen molar-refractivity contribution in [2.45, 2.75) is 77.6 Å². The highest BCUT2D eigenvalue weighted by atomic mass is 19.1. The van der Waals surface area contributed by atoms with E-state index in [0.29, 0.717) is 18.5 Å². The molecule has 0 spiro atoms. The molecule has 2 aliphatic carbocycles. The Labute approximate surface area is 206 Å². The van der Waals surface area contributed by atoms with E-state index in [1.165, 1.54) is 23.8 Å². The van der Waals surface area contributed by atoms with E-state index in [-0.39, 0.29) is 5.92 Å². The molecule has 0 radical (unpaired) electrons. The normalized spacial score (nSPS) is 22.9. The van der Waals surface area contributed by atoms with Gasteiger partial charge in [-0.05, 0) is 61.8 Å². The third-order valence-corrected chi connectivity index (χ3v) is 6.85. The number of aliphatic carboxylic acids is 1. The van der Waals surface area contributed by atoms with Crippen LogP contribution in [0.3, 0.4) is 0 Å². The van der Waals surface area contributed by atoms with E-state index in [9.17, 15) is 19.5 Å². The lowest BCUT2D eigenvalue weighted by molar-refractivity contribution is -0.145. The largest absolute Gasteiger partial charge is 0.480 e. The summed E-state index contributed by atoms with van der Waals surface area (Å²) in [6.07, 6.45) is 11.6. The Morgan fingerprint density at radius 2 is 1.77 bits per heavy atom. The Morgan fingerprint density at radius 1 is 1.11 bits per heavy atom. The van der Waals surface area contributed by atoms with E-state index < -0.39 is 35.7 Å². The van der Waals surface area contributed by atoms with Crippen molar-refractivity contribution in [2.75, 3.05) is 5.32 Å². The number of allylic oxidation sites excluding steroid dienone is 2. The van der Waals surface area contributed by atoms with Gasteiger partial charge in [-0.2, -0.15) is 0 Å². The first-order valence-corrected chi connectivity index (χ1v) is 12.4. The number of halogens is 1. The number of alkyl halides is 1. The summed E-state index contributed by atoms with van der Waals surface area (Å²) in [5.41, 5.74) is 3.48. The fraction of sp³-hybridized carbons (Fsp3) is 0.519. The van der Waals surface area contributed by atoms with Crippen molar-refractivity contribution in [3.63, 3.8) is 0 Å². The quantitative estimate of drug-likeness (QED) is 0.391. The smallest absolute Gasteiger partial charge is 0.326 e. The van der Waals surface area contributed by atoms with Gasteiger partial charge in [-0.1, -0.05) is 63.0 Å². The maximum absolute atomic E-state index is 16.0. The van der Waals surface area contributed by atoms with Crippen molar-refractivity contribution in [1.82, 2.24) is 10.6 Å². The monoisotopic (exact) mass is 485 g/mol. The number of hydrogen-bond donors (Lipinski definition) is 4. The van der Waals surface area contributed by atoms with E-state index >= 15 is 4.39 Å². The number of nitrogens with one attached hydrogen (secondary N) is 3.